The average molecular weight is 323 g/mol. The molecule has 3 rings (SSSR count). The van der Waals surface area contributed by atoms with Crippen molar-refractivity contribution < 1.29 is 9.32 Å². The molecule has 1 amide bonds. The number of aryl methyl sites for hydroxylation is 2. The fourth-order valence-electron chi connectivity index (χ4n) is 2.17. The molecule has 0 fully saturated rings. The molecule has 0 aliphatic carbocycles. The van der Waals surface area contributed by atoms with E-state index in [0.717, 1.165) is 5.56 Å². The van der Waals surface area contributed by atoms with E-state index in [2.05, 4.69) is 25.8 Å². The number of carbonyl (C=O) groups excluding carboxylic acids is 1. The highest BCUT2D eigenvalue weighted by molar-refractivity contribution is 5.93. The highest BCUT2D eigenvalue weighted by Crippen LogP contribution is 2.15. The molecule has 7 nitrogen and oxygen atoms in total. The van der Waals surface area contributed by atoms with Crippen LogP contribution in [-0.4, -0.2) is 21.0 Å². The lowest BCUT2D eigenvalue weighted by atomic mass is 10.2. The summed E-state index contributed by atoms with van der Waals surface area (Å²) in [5.74, 6) is 1.93. The van der Waals surface area contributed by atoms with Gasteiger partial charge in [0.1, 0.15) is 23.1 Å². The largest absolute Gasteiger partial charge is 0.360 e. The zero-order valence-corrected chi connectivity index (χ0v) is 13.4. The first-order chi connectivity index (χ1) is 11.6. The molecule has 0 saturated carbocycles. The molecular formula is C17H17N5O2. The molecule has 2 heterocycles. The first-order valence-electron chi connectivity index (χ1n) is 7.48. The number of nitrogens with one attached hydrogen (secondary N) is 2. The molecule has 3 aromatic rings. The molecule has 0 aliphatic heterocycles. The fraction of sp³-hybridized carbons (Fsp3) is 0.176. The van der Waals surface area contributed by atoms with Gasteiger partial charge in [0, 0.05) is 18.7 Å². The number of rotatable bonds is 5. The van der Waals surface area contributed by atoms with E-state index in [0.29, 0.717) is 35.5 Å². The van der Waals surface area contributed by atoms with Crippen LogP contribution < -0.4 is 10.6 Å². The van der Waals surface area contributed by atoms with Crippen LogP contribution in [0.5, 0.6) is 0 Å². The number of benzene rings is 1. The second-order valence-corrected chi connectivity index (χ2v) is 5.30. The fourth-order valence-corrected chi connectivity index (χ4v) is 2.17. The first-order valence-corrected chi connectivity index (χ1v) is 7.48. The van der Waals surface area contributed by atoms with E-state index in [1.807, 2.05) is 30.3 Å². The number of aromatic nitrogens is 3. The molecule has 0 saturated heterocycles. The zero-order chi connectivity index (χ0) is 16.9. The molecule has 0 bridgehead atoms. The van der Waals surface area contributed by atoms with E-state index >= 15 is 0 Å². The second-order valence-electron chi connectivity index (χ2n) is 5.30. The Labute approximate surface area is 139 Å². The maximum atomic E-state index is 12.3. The van der Waals surface area contributed by atoms with E-state index in [1.54, 1.807) is 26.0 Å². The predicted octanol–water partition coefficient (Wildman–Crippen LogP) is 2.76. The number of carbonyl (C=O) groups is 1. The maximum Gasteiger partial charge on any atom is 0.270 e. The minimum Gasteiger partial charge on any atom is -0.360 e. The summed E-state index contributed by atoms with van der Waals surface area (Å²) in [6.45, 7) is 3.97. The van der Waals surface area contributed by atoms with Gasteiger partial charge in [-0.25, -0.2) is 9.97 Å². The standard InChI is InChI=1S/C17H17N5O2/c1-11-8-16(22-24-11)21-15-9-14(19-12(2)20-15)17(23)18-10-13-6-4-3-5-7-13/h3-9H,10H2,1-2H3,(H,18,23)(H,19,20,21,22). The van der Waals surface area contributed by atoms with Gasteiger partial charge in [-0.3, -0.25) is 4.79 Å². The summed E-state index contributed by atoms with van der Waals surface area (Å²) >= 11 is 0. The van der Waals surface area contributed by atoms with Gasteiger partial charge in [-0.15, -0.1) is 0 Å². The number of hydrogen-bond donors (Lipinski definition) is 2. The smallest absolute Gasteiger partial charge is 0.270 e. The van der Waals surface area contributed by atoms with Crippen molar-refractivity contribution >= 4 is 17.5 Å². The first kappa shape index (κ1) is 15.7. The highest BCUT2D eigenvalue weighted by atomic mass is 16.5. The van der Waals surface area contributed by atoms with Gasteiger partial charge in [-0.2, -0.15) is 0 Å². The molecule has 2 aromatic heterocycles. The Kier molecular flexibility index (Phi) is 4.51. The van der Waals surface area contributed by atoms with Gasteiger partial charge < -0.3 is 15.2 Å². The predicted molar refractivity (Wildman–Crippen MR) is 88.9 cm³/mol. The molecule has 1 aromatic carbocycles. The summed E-state index contributed by atoms with van der Waals surface area (Å²) in [6.07, 6.45) is 0. The number of amides is 1. The second kappa shape index (κ2) is 6.91. The van der Waals surface area contributed by atoms with Crippen molar-refractivity contribution in [3.05, 3.63) is 65.3 Å². The topological polar surface area (TPSA) is 92.9 Å². The molecule has 24 heavy (non-hydrogen) atoms. The molecule has 2 N–H and O–H groups in total. The van der Waals surface area contributed by atoms with Crippen molar-refractivity contribution in [2.24, 2.45) is 0 Å². The minimum atomic E-state index is -0.260. The van der Waals surface area contributed by atoms with E-state index in [-0.39, 0.29) is 5.91 Å². The van der Waals surface area contributed by atoms with Crippen molar-refractivity contribution in [2.75, 3.05) is 5.32 Å². The van der Waals surface area contributed by atoms with Gasteiger partial charge in [0.25, 0.3) is 5.91 Å². The van der Waals surface area contributed by atoms with Crippen LogP contribution in [0.3, 0.4) is 0 Å². The zero-order valence-electron chi connectivity index (χ0n) is 13.4. The average Bonchev–Trinajstić information content (AvgIpc) is 2.98. The summed E-state index contributed by atoms with van der Waals surface area (Å²) < 4.78 is 5.00. The van der Waals surface area contributed by atoms with Crippen LogP contribution in [0.2, 0.25) is 0 Å². The molecule has 122 valence electrons. The normalized spacial score (nSPS) is 10.4. The summed E-state index contributed by atoms with van der Waals surface area (Å²) in [7, 11) is 0. The Bertz CT molecular complexity index is 845. The van der Waals surface area contributed by atoms with Crippen LogP contribution in [0, 0.1) is 13.8 Å². The minimum absolute atomic E-state index is 0.260. The number of nitrogens with zero attached hydrogens (tertiary/aromatic N) is 3. The van der Waals surface area contributed by atoms with Gasteiger partial charge in [0.05, 0.1) is 0 Å². The van der Waals surface area contributed by atoms with Crippen molar-refractivity contribution in [1.82, 2.24) is 20.4 Å². The molecule has 7 heteroatoms. The molecule has 0 atom stereocenters. The van der Waals surface area contributed by atoms with Gasteiger partial charge in [-0.05, 0) is 19.4 Å². The lowest BCUT2D eigenvalue weighted by Crippen LogP contribution is -2.24. The maximum absolute atomic E-state index is 12.3. The monoisotopic (exact) mass is 323 g/mol. The number of hydrogen-bond acceptors (Lipinski definition) is 6. The Morgan fingerprint density at radius 3 is 2.58 bits per heavy atom. The van der Waals surface area contributed by atoms with Gasteiger partial charge in [0.15, 0.2) is 5.82 Å². The van der Waals surface area contributed by atoms with Crippen LogP contribution in [0.1, 0.15) is 27.6 Å². The third kappa shape index (κ3) is 3.95. The summed E-state index contributed by atoms with van der Waals surface area (Å²) in [4.78, 5) is 20.8. The molecule has 0 radical (unpaired) electrons. The van der Waals surface area contributed by atoms with E-state index in [1.165, 1.54) is 0 Å². The van der Waals surface area contributed by atoms with Crippen LogP contribution in [0.4, 0.5) is 11.6 Å². The van der Waals surface area contributed by atoms with E-state index < -0.39 is 0 Å². The van der Waals surface area contributed by atoms with Gasteiger partial charge in [0.2, 0.25) is 0 Å². The van der Waals surface area contributed by atoms with E-state index in [9.17, 15) is 4.79 Å². The Morgan fingerprint density at radius 2 is 1.88 bits per heavy atom. The van der Waals surface area contributed by atoms with Crippen LogP contribution in [-0.2, 0) is 6.54 Å². The summed E-state index contributed by atoms with van der Waals surface area (Å²) in [5, 5.41) is 9.69. The highest BCUT2D eigenvalue weighted by Gasteiger charge is 2.11. The lowest BCUT2D eigenvalue weighted by Gasteiger charge is -2.08. The summed E-state index contributed by atoms with van der Waals surface area (Å²) in [6, 6.07) is 13.0. The third-order valence-electron chi connectivity index (χ3n) is 3.25. The molecule has 0 aliphatic rings. The lowest BCUT2D eigenvalue weighted by molar-refractivity contribution is 0.0945. The Hall–Kier alpha value is -3.22. The summed E-state index contributed by atoms with van der Waals surface area (Å²) in [5.41, 5.74) is 1.31. The molecular weight excluding hydrogens is 306 g/mol. The number of anilines is 2. The third-order valence-corrected chi connectivity index (χ3v) is 3.25. The molecule has 0 unspecified atom stereocenters. The quantitative estimate of drug-likeness (QED) is 0.750. The molecule has 0 spiro atoms. The van der Waals surface area contributed by atoms with Crippen molar-refractivity contribution in [3.8, 4) is 0 Å². The van der Waals surface area contributed by atoms with Crippen molar-refractivity contribution in [3.63, 3.8) is 0 Å². The SMILES string of the molecule is Cc1nc(Nc2cc(C)on2)cc(C(=O)NCc2ccccc2)n1. The Balaban J connectivity index is 1.71. The Morgan fingerprint density at radius 1 is 1.08 bits per heavy atom. The van der Waals surface area contributed by atoms with Crippen molar-refractivity contribution in [2.45, 2.75) is 20.4 Å². The van der Waals surface area contributed by atoms with Crippen LogP contribution in [0.15, 0.2) is 47.0 Å². The van der Waals surface area contributed by atoms with Gasteiger partial charge in [-0.1, -0.05) is 35.5 Å². The van der Waals surface area contributed by atoms with Gasteiger partial charge >= 0.3 is 0 Å². The van der Waals surface area contributed by atoms with Crippen LogP contribution in [0.25, 0.3) is 0 Å². The van der Waals surface area contributed by atoms with Crippen molar-refractivity contribution in [1.29, 1.82) is 0 Å². The van der Waals surface area contributed by atoms with E-state index in [4.69, 9.17) is 4.52 Å². The van der Waals surface area contributed by atoms with Crippen LogP contribution >= 0.6 is 0 Å².